The molecule has 0 fully saturated rings. The number of sulfonamides is 1. The lowest BCUT2D eigenvalue weighted by atomic mass is 10.4. The molecule has 0 spiro atoms. The monoisotopic (exact) mass is 297 g/mol. The summed E-state index contributed by atoms with van der Waals surface area (Å²) in [6.07, 6.45) is 0. The third-order valence-electron chi connectivity index (χ3n) is 2.44. The number of hydrogen-bond acceptors (Lipinski definition) is 3. The van der Waals surface area contributed by atoms with Crippen LogP contribution in [0.25, 0.3) is 0 Å². The number of hydrogen-bond donors (Lipinski definition) is 1. The number of nitrogens with zero attached hydrogens (tertiary/aromatic N) is 1. The van der Waals surface area contributed by atoms with Gasteiger partial charge in [0.05, 0.1) is 11.6 Å². The topological polar surface area (TPSA) is 57.6 Å². The second-order valence-corrected chi connectivity index (χ2v) is 6.44. The first-order valence-corrected chi connectivity index (χ1v) is 7.04. The van der Waals surface area contributed by atoms with Crippen molar-refractivity contribution in [2.45, 2.75) is 17.9 Å². The van der Waals surface area contributed by atoms with Gasteiger partial charge in [0, 0.05) is 18.1 Å². The van der Waals surface area contributed by atoms with Crippen LogP contribution in [0.2, 0.25) is 10.0 Å². The molecule has 1 unspecified atom stereocenters. The van der Waals surface area contributed by atoms with Crippen LogP contribution in [0.4, 0.5) is 0 Å². The largest absolute Gasteiger partial charge is 0.395 e. The van der Waals surface area contributed by atoms with Crippen molar-refractivity contribution in [3.63, 3.8) is 0 Å². The fourth-order valence-corrected chi connectivity index (χ4v) is 3.27. The predicted molar refractivity (Wildman–Crippen MR) is 68.0 cm³/mol. The fourth-order valence-electron chi connectivity index (χ4n) is 1.18. The number of halogens is 2. The van der Waals surface area contributed by atoms with Crippen LogP contribution in [0.3, 0.4) is 0 Å². The average molecular weight is 298 g/mol. The third-order valence-corrected chi connectivity index (χ3v) is 5.12. The maximum absolute atomic E-state index is 12.2. The molecule has 0 aliphatic rings. The van der Waals surface area contributed by atoms with Crippen LogP contribution in [-0.4, -0.2) is 37.5 Å². The lowest BCUT2D eigenvalue weighted by Gasteiger charge is -2.23. The van der Waals surface area contributed by atoms with Gasteiger partial charge in [-0.2, -0.15) is 4.31 Å². The standard InChI is InChI=1S/C10H13Cl2NO3S/c1-7(6-14)13(2)17(15,16)10-5-8(11)3-4-9(10)12/h3-5,7,14H,6H2,1-2H3. The summed E-state index contributed by atoms with van der Waals surface area (Å²) in [6, 6.07) is 3.70. The van der Waals surface area contributed by atoms with Gasteiger partial charge in [0.2, 0.25) is 10.0 Å². The van der Waals surface area contributed by atoms with E-state index in [4.69, 9.17) is 28.3 Å². The van der Waals surface area contributed by atoms with Gasteiger partial charge in [0.1, 0.15) is 4.90 Å². The molecule has 1 rings (SSSR count). The van der Waals surface area contributed by atoms with Gasteiger partial charge < -0.3 is 5.11 Å². The summed E-state index contributed by atoms with van der Waals surface area (Å²) in [5.74, 6) is 0. The Labute approximate surface area is 111 Å². The highest BCUT2D eigenvalue weighted by Gasteiger charge is 2.27. The van der Waals surface area contributed by atoms with E-state index >= 15 is 0 Å². The van der Waals surface area contributed by atoms with Crippen molar-refractivity contribution in [2.75, 3.05) is 13.7 Å². The van der Waals surface area contributed by atoms with Crippen LogP contribution in [0.5, 0.6) is 0 Å². The zero-order valence-corrected chi connectivity index (χ0v) is 11.7. The van der Waals surface area contributed by atoms with Crippen molar-refractivity contribution >= 4 is 33.2 Å². The minimum Gasteiger partial charge on any atom is -0.395 e. The SMILES string of the molecule is CC(CO)N(C)S(=O)(=O)c1cc(Cl)ccc1Cl. The molecule has 1 aromatic carbocycles. The molecule has 17 heavy (non-hydrogen) atoms. The summed E-state index contributed by atoms with van der Waals surface area (Å²) in [5.41, 5.74) is 0. The van der Waals surface area contributed by atoms with Crippen LogP contribution < -0.4 is 0 Å². The molecule has 0 radical (unpaired) electrons. The van der Waals surface area contributed by atoms with Gasteiger partial charge in [-0.05, 0) is 25.1 Å². The molecule has 1 N–H and O–H groups in total. The van der Waals surface area contributed by atoms with Crippen LogP contribution in [0, 0.1) is 0 Å². The van der Waals surface area contributed by atoms with E-state index in [1.807, 2.05) is 0 Å². The van der Waals surface area contributed by atoms with Crippen molar-refractivity contribution < 1.29 is 13.5 Å². The number of rotatable bonds is 4. The number of aliphatic hydroxyl groups excluding tert-OH is 1. The van der Waals surface area contributed by atoms with Gasteiger partial charge >= 0.3 is 0 Å². The molecule has 1 aromatic rings. The lowest BCUT2D eigenvalue weighted by molar-refractivity contribution is 0.214. The number of benzene rings is 1. The average Bonchev–Trinajstić information content (AvgIpc) is 2.30. The van der Waals surface area contributed by atoms with Crippen LogP contribution in [0.1, 0.15) is 6.92 Å². The Kier molecular flexibility index (Phi) is 4.80. The first-order chi connectivity index (χ1) is 7.80. The quantitative estimate of drug-likeness (QED) is 0.925. The Balaban J connectivity index is 3.26. The van der Waals surface area contributed by atoms with E-state index < -0.39 is 16.1 Å². The Hall–Kier alpha value is -0.330. The van der Waals surface area contributed by atoms with Gasteiger partial charge in [-0.25, -0.2) is 8.42 Å². The van der Waals surface area contributed by atoms with Gasteiger partial charge in [-0.15, -0.1) is 0 Å². The second-order valence-electron chi connectivity index (χ2n) is 3.63. The van der Waals surface area contributed by atoms with Gasteiger partial charge in [-0.1, -0.05) is 23.2 Å². The third kappa shape index (κ3) is 3.11. The molecule has 0 bridgehead atoms. The molecular formula is C10H13Cl2NO3S. The van der Waals surface area contributed by atoms with E-state index in [0.29, 0.717) is 0 Å². The Morgan fingerprint density at radius 3 is 2.53 bits per heavy atom. The Morgan fingerprint density at radius 2 is 2.00 bits per heavy atom. The van der Waals surface area contributed by atoms with Crippen molar-refractivity contribution in [1.82, 2.24) is 4.31 Å². The number of likely N-dealkylation sites (N-methyl/N-ethyl adjacent to an activating group) is 1. The summed E-state index contributed by atoms with van der Waals surface area (Å²) in [7, 11) is -2.36. The highest BCUT2D eigenvalue weighted by atomic mass is 35.5. The first kappa shape index (κ1) is 14.7. The van der Waals surface area contributed by atoms with Gasteiger partial charge in [0.15, 0.2) is 0 Å². The molecule has 7 heteroatoms. The van der Waals surface area contributed by atoms with Crippen molar-refractivity contribution in [3.8, 4) is 0 Å². The molecule has 96 valence electrons. The van der Waals surface area contributed by atoms with Crippen molar-refractivity contribution in [2.24, 2.45) is 0 Å². The molecule has 1 atom stereocenters. The summed E-state index contributed by atoms with van der Waals surface area (Å²) >= 11 is 11.6. The molecular weight excluding hydrogens is 285 g/mol. The van der Waals surface area contributed by atoms with Crippen LogP contribution in [-0.2, 0) is 10.0 Å². The van der Waals surface area contributed by atoms with Gasteiger partial charge in [-0.3, -0.25) is 0 Å². The molecule has 0 saturated carbocycles. The zero-order chi connectivity index (χ0) is 13.2. The molecule has 0 heterocycles. The summed E-state index contributed by atoms with van der Waals surface area (Å²) in [5, 5.41) is 9.37. The molecule has 0 saturated heterocycles. The maximum Gasteiger partial charge on any atom is 0.244 e. The smallest absolute Gasteiger partial charge is 0.244 e. The first-order valence-electron chi connectivity index (χ1n) is 4.84. The zero-order valence-electron chi connectivity index (χ0n) is 9.39. The van der Waals surface area contributed by atoms with Crippen LogP contribution in [0.15, 0.2) is 23.1 Å². The molecule has 0 amide bonds. The molecule has 4 nitrogen and oxygen atoms in total. The lowest BCUT2D eigenvalue weighted by Crippen LogP contribution is -2.37. The van der Waals surface area contributed by atoms with E-state index in [1.165, 1.54) is 25.2 Å². The van der Waals surface area contributed by atoms with Crippen LogP contribution >= 0.6 is 23.2 Å². The van der Waals surface area contributed by atoms with E-state index in [9.17, 15) is 8.42 Å². The van der Waals surface area contributed by atoms with Crippen molar-refractivity contribution in [1.29, 1.82) is 0 Å². The van der Waals surface area contributed by atoms with E-state index in [2.05, 4.69) is 0 Å². The minimum absolute atomic E-state index is 0.0607. The Bertz CT molecular complexity index is 504. The number of aliphatic hydroxyl groups is 1. The second kappa shape index (κ2) is 5.54. The normalized spacial score (nSPS) is 14.0. The minimum atomic E-state index is -3.75. The highest BCUT2D eigenvalue weighted by molar-refractivity contribution is 7.89. The highest BCUT2D eigenvalue weighted by Crippen LogP contribution is 2.27. The van der Waals surface area contributed by atoms with E-state index in [-0.39, 0.29) is 21.5 Å². The van der Waals surface area contributed by atoms with Gasteiger partial charge in [0.25, 0.3) is 0 Å². The van der Waals surface area contributed by atoms with E-state index in [1.54, 1.807) is 6.92 Å². The molecule has 0 aliphatic heterocycles. The van der Waals surface area contributed by atoms with Crippen molar-refractivity contribution in [3.05, 3.63) is 28.2 Å². The summed E-state index contributed by atoms with van der Waals surface area (Å²) in [6.45, 7) is 1.32. The fraction of sp³-hybridized carbons (Fsp3) is 0.400. The molecule has 0 aromatic heterocycles. The predicted octanol–water partition coefficient (Wildman–Crippen LogP) is 1.99. The summed E-state index contributed by atoms with van der Waals surface area (Å²) in [4.78, 5) is -0.0607. The molecule has 0 aliphatic carbocycles. The van der Waals surface area contributed by atoms with E-state index in [0.717, 1.165) is 4.31 Å². The maximum atomic E-state index is 12.2. The summed E-state index contributed by atoms with van der Waals surface area (Å²) < 4.78 is 25.4. The Morgan fingerprint density at radius 1 is 1.41 bits per heavy atom.